The van der Waals surface area contributed by atoms with Crippen molar-refractivity contribution in [3.05, 3.63) is 47.8 Å². The number of benzene rings is 1. The molecule has 0 saturated heterocycles. The van der Waals surface area contributed by atoms with Gasteiger partial charge in [-0.1, -0.05) is 18.2 Å². The molecule has 0 unspecified atom stereocenters. The molecule has 0 bridgehead atoms. The van der Waals surface area contributed by atoms with Crippen molar-refractivity contribution >= 4 is 38.7 Å². The Labute approximate surface area is 113 Å². The summed E-state index contributed by atoms with van der Waals surface area (Å²) in [6.45, 7) is 0. The Kier molecular flexibility index (Phi) is 7.83. The van der Waals surface area contributed by atoms with Gasteiger partial charge in [0.15, 0.2) is 0 Å². The van der Waals surface area contributed by atoms with Crippen molar-refractivity contribution in [2.24, 2.45) is 4.99 Å². The summed E-state index contributed by atoms with van der Waals surface area (Å²) in [6, 6.07) is 9.85. The molecular weight excluding hydrogens is 298 g/mol. The summed E-state index contributed by atoms with van der Waals surface area (Å²) in [5.74, 6) is 3.87. The molecule has 0 aliphatic carbocycles. The van der Waals surface area contributed by atoms with Crippen LogP contribution in [-0.2, 0) is 17.0 Å². The van der Waals surface area contributed by atoms with E-state index in [0.717, 1.165) is 19.6 Å². The number of para-hydroxylation sites is 1. The first-order valence-electron chi connectivity index (χ1n) is 4.35. The van der Waals surface area contributed by atoms with Crippen LogP contribution < -0.4 is 4.98 Å². The van der Waals surface area contributed by atoms with Crippen molar-refractivity contribution in [1.29, 1.82) is 0 Å². The van der Waals surface area contributed by atoms with Crippen LogP contribution in [0.3, 0.4) is 0 Å². The Bertz CT molecular complexity index is 406. The first-order valence-corrected chi connectivity index (χ1v) is 9.68. The minimum atomic E-state index is -0.556. The van der Waals surface area contributed by atoms with Gasteiger partial charge < -0.3 is 4.98 Å². The number of aromatic nitrogens is 1. The van der Waals surface area contributed by atoms with Gasteiger partial charge in [-0.05, 0) is 17.9 Å². The van der Waals surface area contributed by atoms with Gasteiger partial charge in [0, 0.05) is 6.21 Å². The maximum atomic E-state index is 4.89. The Hall–Kier alpha value is -0.106. The molecule has 82 valence electrons. The molecule has 16 heavy (non-hydrogen) atoms. The zero-order chi connectivity index (χ0) is 11.6. The molecule has 1 aromatic heterocycles. The summed E-state index contributed by atoms with van der Waals surface area (Å²) in [6.07, 6.45) is 1.78. The van der Waals surface area contributed by atoms with Crippen LogP contribution in [0.2, 0.25) is 0 Å². The molecule has 1 heterocycles. The van der Waals surface area contributed by atoms with E-state index in [9.17, 15) is 0 Å². The van der Waals surface area contributed by atoms with Crippen LogP contribution in [-0.4, -0.2) is 6.21 Å². The van der Waals surface area contributed by atoms with Gasteiger partial charge in [0.05, 0.1) is 5.69 Å². The fourth-order valence-corrected chi connectivity index (χ4v) is 1.52. The van der Waals surface area contributed by atoms with Crippen molar-refractivity contribution in [2.45, 2.75) is 0 Å². The predicted molar refractivity (Wildman–Crippen MR) is 67.7 cm³/mol. The Morgan fingerprint density at radius 2 is 1.94 bits per heavy atom. The van der Waals surface area contributed by atoms with Gasteiger partial charge in [0.25, 0.3) is 0 Å². The van der Waals surface area contributed by atoms with E-state index in [1.165, 1.54) is 0 Å². The van der Waals surface area contributed by atoms with Crippen LogP contribution in [0, 0.1) is 0 Å². The van der Waals surface area contributed by atoms with Crippen LogP contribution in [0.4, 0.5) is 5.69 Å². The van der Waals surface area contributed by atoms with Gasteiger partial charge in [-0.2, -0.15) is 0 Å². The van der Waals surface area contributed by atoms with E-state index in [1.807, 2.05) is 42.1 Å². The van der Waals surface area contributed by atoms with E-state index >= 15 is 0 Å². The third-order valence-electron chi connectivity index (χ3n) is 1.58. The topological polar surface area (TPSA) is 26.5 Å². The molecule has 2 rings (SSSR count). The molecule has 2 aromatic rings. The predicted octanol–water partition coefficient (Wildman–Crippen LogP) is 4.35. The van der Waals surface area contributed by atoms with E-state index in [0.29, 0.717) is 0 Å². The molecule has 0 fully saturated rings. The van der Waals surface area contributed by atoms with Gasteiger partial charge in [0.1, 0.15) is 0 Å². The normalized spacial score (nSPS) is 10.1. The van der Waals surface area contributed by atoms with Crippen LogP contribution in [0.5, 0.6) is 0 Å². The fraction of sp³-hybridized carbons (Fsp3) is 0. The van der Waals surface area contributed by atoms with Crippen molar-refractivity contribution in [3.63, 3.8) is 0 Å². The van der Waals surface area contributed by atoms with Crippen LogP contribution >= 0.6 is 26.8 Å². The van der Waals surface area contributed by atoms with Gasteiger partial charge in [-0.3, -0.25) is 4.99 Å². The second-order valence-corrected chi connectivity index (χ2v) is 5.98. The van der Waals surface area contributed by atoms with E-state index in [-0.39, 0.29) is 0 Å². The summed E-state index contributed by atoms with van der Waals surface area (Å²) >= 11 is -0.556. The van der Waals surface area contributed by atoms with Crippen molar-refractivity contribution in [2.75, 3.05) is 0 Å². The van der Waals surface area contributed by atoms with Crippen LogP contribution in [0.15, 0.2) is 47.1 Å². The molecule has 6 heteroatoms. The third kappa shape index (κ3) is 5.84. The molecule has 0 aliphatic heterocycles. The molecule has 0 saturated carbocycles. The summed E-state index contributed by atoms with van der Waals surface area (Å²) in [5.41, 5.74) is 1.90. The van der Waals surface area contributed by atoms with E-state index < -0.39 is 17.0 Å². The summed E-state index contributed by atoms with van der Waals surface area (Å²) < 4.78 is 0. The van der Waals surface area contributed by atoms with Crippen LogP contribution in [0.25, 0.3) is 0 Å². The molecule has 2 nitrogen and oxygen atoms in total. The molecule has 0 aliphatic rings. The Morgan fingerprint density at radius 3 is 2.50 bits per heavy atom. The molecule has 0 N–H and O–H groups in total. The zero-order valence-corrected chi connectivity index (χ0v) is 12.2. The second kappa shape index (κ2) is 8.98. The standard InChI is InChI=1S/C10H8N2P.2ClH.Ti/c1-2-4-9(5-3-1)11-6-10-7-13-8-12-10;;;/h1-8H;2*1H;/q-1;;;+2/p-2. The number of halogens is 2. The number of nitrogens with zero attached hydrogens (tertiary/aromatic N) is 2. The van der Waals surface area contributed by atoms with Gasteiger partial charge in [0.2, 0.25) is 0 Å². The zero-order valence-electron chi connectivity index (χ0n) is 8.22. The van der Waals surface area contributed by atoms with E-state index in [4.69, 9.17) is 18.6 Å². The molecule has 0 atom stereocenters. The number of rotatable bonds is 2. The van der Waals surface area contributed by atoms with Crippen molar-refractivity contribution in [3.8, 4) is 0 Å². The Morgan fingerprint density at radius 1 is 1.25 bits per heavy atom. The quantitative estimate of drug-likeness (QED) is 0.598. The van der Waals surface area contributed by atoms with Gasteiger partial charge in [-0.15, -0.1) is 19.8 Å². The summed E-state index contributed by atoms with van der Waals surface area (Å²) in [7, 11) is 10.9. The average molecular weight is 306 g/mol. The first kappa shape index (κ1) is 14.0. The van der Waals surface area contributed by atoms with E-state index in [1.54, 1.807) is 6.21 Å². The second-order valence-electron chi connectivity index (χ2n) is 2.61. The van der Waals surface area contributed by atoms with Gasteiger partial charge >= 0.3 is 35.6 Å². The first-order chi connectivity index (χ1) is 7.86. The molecule has 0 amide bonds. The summed E-state index contributed by atoms with van der Waals surface area (Å²) in [5, 5.41) is 0. The van der Waals surface area contributed by atoms with Crippen LogP contribution in [0.1, 0.15) is 5.69 Å². The molecule has 0 radical (unpaired) electrons. The number of aliphatic imine (C=N–C) groups is 1. The average Bonchev–Trinajstić information content (AvgIpc) is 2.82. The Balaban J connectivity index is 0.000000386. The minimum absolute atomic E-state index is 0.556. The van der Waals surface area contributed by atoms with E-state index in [2.05, 4.69) is 9.98 Å². The van der Waals surface area contributed by atoms with Crippen molar-refractivity contribution in [1.82, 2.24) is 4.98 Å². The fourth-order valence-electron chi connectivity index (χ4n) is 0.964. The monoisotopic (exact) mass is 305 g/mol. The van der Waals surface area contributed by atoms with Crippen molar-refractivity contribution < 1.29 is 17.0 Å². The summed E-state index contributed by atoms with van der Waals surface area (Å²) in [4.78, 5) is 8.40. The van der Waals surface area contributed by atoms with Gasteiger partial charge in [-0.25, -0.2) is 0 Å². The number of hydrogen-bond donors (Lipinski definition) is 0. The molecule has 1 aromatic carbocycles. The third-order valence-corrected chi connectivity index (χ3v) is 2.24. The number of hydrogen-bond acceptors (Lipinski definition) is 1. The molecular formula is C10H8Cl2N2PTi-. The maximum absolute atomic E-state index is 4.89. The molecule has 0 spiro atoms. The SMILES string of the molecule is C(=Nc1ccccc1)c1cpc[n-]1.[Cl][Ti][Cl].